The van der Waals surface area contributed by atoms with E-state index in [1.165, 1.54) is 0 Å². The van der Waals surface area contributed by atoms with Gasteiger partial charge in [0.1, 0.15) is 5.75 Å². The SMILES string of the molecule is C=CCCOc1c(C(C)=O)cc(C)c2ccccc12. The summed E-state index contributed by atoms with van der Waals surface area (Å²) >= 11 is 0. The molecule has 2 aromatic rings. The molecule has 2 rings (SSSR count). The van der Waals surface area contributed by atoms with E-state index < -0.39 is 0 Å². The fourth-order valence-corrected chi connectivity index (χ4v) is 2.19. The highest BCUT2D eigenvalue weighted by atomic mass is 16.5. The second kappa shape index (κ2) is 5.70. The highest BCUT2D eigenvalue weighted by Gasteiger charge is 2.14. The quantitative estimate of drug-likeness (QED) is 0.451. The molecule has 0 aliphatic carbocycles. The van der Waals surface area contributed by atoms with Crippen LogP contribution in [-0.2, 0) is 0 Å². The van der Waals surface area contributed by atoms with Gasteiger partial charge in [0, 0.05) is 5.39 Å². The maximum atomic E-state index is 11.8. The molecule has 0 saturated carbocycles. The predicted octanol–water partition coefficient (Wildman–Crippen LogP) is 4.31. The molecule has 0 aliphatic rings. The van der Waals surface area contributed by atoms with Crippen LogP contribution in [0.15, 0.2) is 43.0 Å². The van der Waals surface area contributed by atoms with Crippen LogP contribution in [0.4, 0.5) is 0 Å². The number of fused-ring (bicyclic) bond motifs is 1. The Balaban J connectivity index is 2.61. The Bertz CT molecular complexity index is 626. The van der Waals surface area contributed by atoms with Crippen LogP contribution in [0.1, 0.15) is 29.3 Å². The molecule has 2 aromatic carbocycles. The summed E-state index contributed by atoms with van der Waals surface area (Å²) in [5.41, 5.74) is 1.75. The molecule has 2 nitrogen and oxygen atoms in total. The van der Waals surface area contributed by atoms with E-state index in [9.17, 15) is 4.79 Å². The third-order valence-corrected chi connectivity index (χ3v) is 3.15. The van der Waals surface area contributed by atoms with Gasteiger partial charge in [0.25, 0.3) is 0 Å². The number of Topliss-reactive ketones (excluding diaryl/α,β-unsaturated/α-hetero) is 1. The fourth-order valence-electron chi connectivity index (χ4n) is 2.19. The molecule has 0 atom stereocenters. The van der Waals surface area contributed by atoms with E-state index in [0.717, 1.165) is 22.8 Å². The van der Waals surface area contributed by atoms with Crippen molar-refractivity contribution in [2.24, 2.45) is 0 Å². The van der Waals surface area contributed by atoms with Gasteiger partial charge in [0.2, 0.25) is 0 Å². The van der Waals surface area contributed by atoms with Crippen LogP contribution in [-0.4, -0.2) is 12.4 Å². The zero-order chi connectivity index (χ0) is 13.8. The average molecular weight is 254 g/mol. The summed E-state index contributed by atoms with van der Waals surface area (Å²) in [6.07, 6.45) is 2.57. The minimum absolute atomic E-state index is 0.0301. The number of benzene rings is 2. The normalized spacial score (nSPS) is 10.4. The van der Waals surface area contributed by atoms with Gasteiger partial charge in [-0.3, -0.25) is 4.79 Å². The van der Waals surface area contributed by atoms with Gasteiger partial charge < -0.3 is 4.74 Å². The summed E-state index contributed by atoms with van der Waals surface area (Å²) in [7, 11) is 0. The number of hydrogen-bond acceptors (Lipinski definition) is 2. The van der Waals surface area contributed by atoms with Gasteiger partial charge in [-0.25, -0.2) is 0 Å². The number of carbonyl (C=O) groups excluding carboxylic acids is 1. The molecule has 0 spiro atoms. The molecule has 0 amide bonds. The first-order valence-electron chi connectivity index (χ1n) is 6.42. The first-order chi connectivity index (χ1) is 9.15. The Labute approximate surface area is 113 Å². The van der Waals surface area contributed by atoms with Gasteiger partial charge in [0.15, 0.2) is 5.78 Å². The van der Waals surface area contributed by atoms with Gasteiger partial charge >= 0.3 is 0 Å². The number of carbonyl (C=O) groups is 1. The molecule has 0 fully saturated rings. The van der Waals surface area contributed by atoms with E-state index in [1.807, 2.05) is 37.3 Å². The summed E-state index contributed by atoms with van der Waals surface area (Å²) in [6, 6.07) is 9.92. The lowest BCUT2D eigenvalue weighted by atomic mass is 9.98. The van der Waals surface area contributed by atoms with Gasteiger partial charge in [0.05, 0.1) is 12.2 Å². The van der Waals surface area contributed by atoms with Crippen molar-refractivity contribution in [2.45, 2.75) is 20.3 Å². The number of rotatable bonds is 5. The maximum absolute atomic E-state index is 11.8. The number of hydrogen-bond donors (Lipinski definition) is 0. The second-order valence-electron chi connectivity index (χ2n) is 4.60. The Kier molecular flexibility index (Phi) is 4.00. The topological polar surface area (TPSA) is 26.3 Å². The minimum Gasteiger partial charge on any atom is -0.492 e. The van der Waals surface area contributed by atoms with E-state index >= 15 is 0 Å². The van der Waals surface area contributed by atoms with Gasteiger partial charge in [-0.15, -0.1) is 6.58 Å². The van der Waals surface area contributed by atoms with Crippen molar-refractivity contribution >= 4 is 16.6 Å². The molecular weight excluding hydrogens is 236 g/mol. The maximum Gasteiger partial charge on any atom is 0.163 e. The largest absolute Gasteiger partial charge is 0.492 e. The van der Waals surface area contributed by atoms with Crippen molar-refractivity contribution in [1.82, 2.24) is 0 Å². The highest BCUT2D eigenvalue weighted by Crippen LogP contribution is 2.33. The summed E-state index contributed by atoms with van der Waals surface area (Å²) in [5, 5.41) is 2.12. The Hall–Kier alpha value is -2.09. The first-order valence-corrected chi connectivity index (χ1v) is 6.42. The van der Waals surface area contributed by atoms with Crippen molar-refractivity contribution in [3.63, 3.8) is 0 Å². The number of ketones is 1. The van der Waals surface area contributed by atoms with E-state index in [2.05, 4.69) is 12.6 Å². The molecule has 19 heavy (non-hydrogen) atoms. The van der Waals surface area contributed by atoms with Gasteiger partial charge in [-0.1, -0.05) is 30.3 Å². The lowest BCUT2D eigenvalue weighted by Gasteiger charge is -2.14. The highest BCUT2D eigenvalue weighted by molar-refractivity contribution is 6.04. The van der Waals surface area contributed by atoms with E-state index in [0.29, 0.717) is 17.9 Å². The van der Waals surface area contributed by atoms with Crippen LogP contribution in [0.5, 0.6) is 5.75 Å². The average Bonchev–Trinajstić information content (AvgIpc) is 2.41. The molecule has 0 aliphatic heterocycles. The lowest BCUT2D eigenvalue weighted by molar-refractivity contribution is 0.101. The molecule has 0 saturated heterocycles. The zero-order valence-corrected chi connectivity index (χ0v) is 11.4. The van der Waals surface area contributed by atoms with Crippen molar-refractivity contribution in [1.29, 1.82) is 0 Å². The van der Waals surface area contributed by atoms with Crippen LogP contribution < -0.4 is 4.74 Å². The Morgan fingerprint density at radius 2 is 2.00 bits per heavy atom. The molecule has 0 aromatic heterocycles. The third kappa shape index (κ3) is 2.68. The van der Waals surface area contributed by atoms with Crippen molar-refractivity contribution < 1.29 is 9.53 Å². The van der Waals surface area contributed by atoms with Crippen LogP contribution in [0.2, 0.25) is 0 Å². The number of ether oxygens (including phenoxy) is 1. The van der Waals surface area contributed by atoms with Crippen LogP contribution in [0.3, 0.4) is 0 Å². The van der Waals surface area contributed by atoms with E-state index in [4.69, 9.17) is 4.74 Å². The molecule has 98 valence electrons. The smallest absolute Gasteiger partial charge is 0.163 e. The molecular formula is C17H18O2. The predicted molar refractivity (Wildman–Crippen MR) is 79.0 cm³/mol. The molecule has 2 heteroatoms. The number of aryl methyl sites for hydroxylation is 1. The van der Waals surface area contributed by atoms with Gasteiger partial charge in [-0.05, 0) is 37.3 Å². The Morgan fingerprint density at radius 1 is 1.32 bits per heavy atom. The lowest BCUT2D eigenvalue weighted by Crippen LogP contribution is -2.04. The third-order valence-electron chi connectivity index (χ3n) is 3.15. The Morgan fingerprint density at radius 3 is 2.63 bits per heavy atom. The summed E-state index contributed by atoms with van der Waals surface area (Å²) in [6.45, 7) is 7.81. The van der Waals surface area contributed by atoms with E-state index in [1.54, 1.807) is 6.92 Å². The standard InChI is InChI=1S/C17H18O2/c1-4-5-10-19-17-15-9-7-6-8-14(15)12(2)11-16(17)13(3)18/h4,6-9,11H,1,5,10H2,2-3H3. The molecule has 0 heterocycles. The van der Waals surface area contributed by atoms with E-state index in [-0.39, 0.29) is 5.78 Å². The van der Waals surface area contributed by atoms with Crippen LogP contribution >= 0.6 is 0 Å². The van der Waals surface area contributed by atoms with Crippen LogP contribution in [0.25, 0.3) is 10.8 Å². The summed E-state index contributed by atoms with van der Waals surface area (Å²) in [5.74, 6) is 0.720. The zero-order valence-electron chi connectivity index (χ0n) is 11.4. The minimum atomic E-state index is 0.0301. The molecule has 0 unspecified atom stereocenters. The fraction of sp³-hybridized carbons (Fsp3) is 0.235. The summed E-state index contributed by atoms with van der Waals surface area (Å²) < 4.78 is 5.82. The van der Waals surface area contributed by atoms with Crippen LogP contribution in [0, 0.1) is 6.92 Å². The second-order valence-corrected chi connectivity index (χ2v) is 4.60. The molecule has 0 N–H and O–H groups in total. The first kappa shape index (κ1) is 13.3. The van der Waals surface area contributed by atoms with Crippen molar-refractivity contribution in [3.05, 3.63) is 54.1 Å². The molecule has 0 bridgehead atoms. The van der Waals surface area contributed by atoms with Gasteiger partial charge in [-0.2, -0.15) is 0 Å². The van der Waals surface area contributed by atoms with Crippen molar-refractivity contribution in [2.75, 3.05) is 6.61 Å². The monoisotopic (exact) mass is 254 g/mol. The summed E-state index contributed by atoms with van der Waals surface area (Å²) in [4.78, 5) is 11.8. The molecule has 0 radical (unpaired) electrons. The van der Waals surface area contributed by atoms with Crippen molar-refractivity contribution in [3.8, 4) is 5.75 Å².